The van der Waals surface area contributed by atoms with Crippen LogP contribution in [-0.2, 0) is 16.6 Å². The number of benzene rings is 2. The van der Waals surface area contributed by atoms with E-state index in [2.05, 4.69) is 10.0 Å². The van der Waals surface area contributed by atoms with Gasteiger partial charge < -0.3 is 9.73 Å². The molecule has 0 saturated heterocycles. The highest BCUT2D eigenvalue weighted by molar-refractivity contribution is 7.89. The van der Waals surface area contributed by atoms with Gasteiger partial charge in [-0.2, -0.15) is 0 Å². The second-order valence-corrected chi connectivity index (χ2v) is 8.18. The molecule has 0 fully saturated rings. The number of rotatable bonds is 7. The number of halogens is 1. The molecular formula is C20H19ClN2O4S. The third-order valence-electron chi connectivity index (χ3n) is 3.97. The van der Waals surface area contributed by atoms with Gasteiger partial charge in [-0.15, -0.1) is 0 Å². The van der Waals surface area contributed by atoms with Gasteiger partial charge in [0.05, 0.1) is 11.4 Å². The molecule has 3 aromatic rings. The Labute approximate surface area is 168 Å². The smallest absolute Gasteiger partial charge is 0.251 e. The molecule has 1 heterocycles. The molecule has 0 unspecified atom stereocenters. The van der Waals surface area contributed by atoms with Gasteiger partial charge in [0.2, 0.25) is 10.0 Å². The highest BCUT2D eigenvalue weighted by atomic mass is 35.5. The van der Waals surface area contributed by atoms with E-state index in [1.165, 1.54) is 24.3 Å². The van der Waals surface area contributed by atoms with E-state index in [1.807, 2.05) is 18.2 Å². The van der Waals surface area contributed by atoms with Gasteiger partial charge in [-0.3, -0.25) is 4.79 Å². The molecule has 6 nitrogen and oxygen atoms in total. The van der Waals surface area contributed by atoms with Crippen molar-refractivity contribution < 1.29 is 17.6 Å². The molecule has 3 rings (SSSR count). The normalized spacial score (nSPS) is 11.4. The fourth-order valence-electron chi connectivity index (χ4n) is 2.57. The summed E-state index contributed by atoms with van der Waals surface area (Å²) in [5, 5.41) is 3.40. The van der Waals surface area contributed by atoms with Crippen molar-refractivity contribution in [2.75, 3.05) is 6.54 Å². The van der Waals surface area contributed by atoms with Crippen molar-refractivity contribution in [2.45, 2.75) is 18.4 Å². The Morgan fingerprint density at radius 1 is 1.00 bits per heavy atom. The van der Waals surface area contributed by atoms with E-state index in [9.17, 15) is 13.2 Å². The Balaban J connectivity index is 1.62. The predicted molar refractivity (Wildman–Crippen MR) is 108 cm³/mol. The summed E-state index contributed by atoms with van der Waals surface area (Å²) in [5.74, 6) is 0.959. The quantitative estimate of drug-likeness (QED) is 0.610. The van der Waals surface area contributed by atoms with Crippen molar-refractivity contribution in [1.29, 1.82) is 0 Å². The van der Waals surface area contributed by atoms with Crippen molar-refractivity contribution in [2.24, 2.45) is 0 Å². The molecule has 1 amide bonds. The zero-order valence-corrected chi connectivity index (χ0v) is 16.7. The van der Waals surface area contributed by atoms with Crippen LogP contribution in [0.5, 0.6) is 0 Å². The molecule has 0 radical (unpaired) electrons. The summed E-state index contributed by atoms with van der Waals surface area (Å²) in [6.45, 7) is 2.21. The average molecular weight is 419 g/mol. The largest absolute Gasteiger partial charge is 0.459 e. The lowest BCUT2D eigenvalue weighted by Crippen LogP contribution is -2.24. The lowest BCUT2D eigenvalue weighted by Gasteiger charge is -2.06. The number of hydrogen-bond donors (Lipinski definition) is 2. The standard InChI is InChI=1S/C20H19ClN2O4S/c1-2-23-28(25,26)18-10-5-15(6-11-18)20(24)22-13-17-9-12-19(27-17)14-3-7-16(21)8-4-14/h3-12,23H,2,13H2,1H3,(H,22,24). The molecule has 0 aliphatic heterocycles. The lowest BCUT2D eigenvalue weighted by molar-refractivity contribution is 0.0948. The van der Waals surface area contributed by atoms with Crippen LogP contribution < -0.4 is 10.0 Å². The Morgan fingerprint density at radius 2 is 1.68 bits per heavy atom. The molecule has 2 aromatic carbocycles. The van der Waals surface area contributed by atoms with E-state index in [-0.39, 0.29) is 17.3 Å². The van der Waals surface area contributed by atoms with Crippen molar-refractivity contribution in [1.82, 2.24) is 10.0 Å². The van der Waals surface area contributed by atoms with Gasteiger partial charge in [-0.05, 0) is 60.7 Å². The molecule has 28 heavy (non-hydrogen) atoms. The minimum absolute atomic E-state index is 0.115. The Kier molecular flexibility index (Phi) is 6.18. The average Bonchev–Trinajstić information content (AvgIpc) is 3.16. The first kappa shape index (κ1) is 20.1. The Bertz CT molecular complexity index is 1060. The summed E-state index contributed by atoms with van der Waals surface area (Å²) < 4.78 is 32.0. The molecule has 0 bridgehead atoms. The first-order chi connectivity index (χ1) is 13.4. The first-order valence-electron chi connectivity index (χ1n) is 8.61. The molecule has 146 valence electrons. The molecule has 0 aliphatic carbocycles. The zero-order valence-electron chi connectivity index (χ0n) is 15.1. The highest BCUT2D eigenvalue weighted by Crippen LogP contribution is 2.23. The molecular weight excluding hydrogens is 400 g/mol. The third-order valence-corrected chi connectivity index (χ3v) is 5.79. The van der Waals surface area contributed by atoms with Gasteiger partial charge in [-0.25, -0.2) is 13.1 Å². The van der Waals surface area contributed by atoms with Gasteiger partial charge in [0.15, 0.2) is 0 Å². The highest BCUT2D eigenvalue weighted by Gasteiger charge is 2.14. The van der Waals surface area contributed by atoms with Crippen molar-refractivity contribution in [3.05, 3.63) is 77.0 Å². The van der Waals surface area contributed by atoms with Crippen LogP contribution in [0.3, 0.4) is 0 Å². The monoisotopic (exact) mass is 418 g/mol. The maximum atomic E-state index is 12.3. The maximum absolute atomic E-state index is 12.3. The van der Waals surface area contributed by atoms with Gasteiger partial charge in [0, 0.05) is 22.7 Å². The fourth-order valence-corrected chi connectivity index (χ4v) is 3.74. The van der Waals surface area contributed by atoms with Gasteiger partial charge in [0.25, 0.3) is 5.91 Å². The number of amides is 1. The first-order valence-corrected chi connectivity index (χ1v) is 10.5. The predicted octanol–water partition coefficient (Wildman–Crippen LogP) is 3.83. The van der Waals surface area contributed by atoms with Crippen molar-refractivity contribution in [3.8, 4) is 11.3 Å². The van der Waals surface area contributed by atoms with Crippen molar-refractivity contribution >= 4 is 27.5 Å². The number of furan rings is 1. The number of carbonyl (C=O) groups is 1. The minimum atomic E-state index is -3.54. The van der Waals surface area contributed by atoms with Crippen molar-refractivity contribution in [3.63, 3.8) is 0 Å². The summed E-state index contributed by atoms with van der Waals surface area (Å²) in [6.07, 6.45) is 0. The number of hydrogen-bond acceptors (Lipinski definition) is 4. The van der Waals surface area contributed by atoms with Crippen LogP contribution in [0.15, 0.2) is 70.0 Å². The number of carbonyl (C=O) groups excluding carboxylic acids is 1. The van der Waals surface area contributed by atoms with E-state index in [4.69, 9.17) is 16.0 Å². The molecule has 0 atom stereocenters. The summed E-state index contributed by atoms with van der Waals surface area (Å²) in [5.41, 5.74) is 1.25. The van der Waals surface area contributed by atoms with Crippen LogP contribution in [0.2, 0.25) is 5.02 Å². The minimum Gasteiger partial charge on any atom is -0.459 e. The van der Waals surface area contributed by atoms with E-state index >= 15 is 0 Å². The Morgan fingerprint density at radius 3 is 2.32 bits per heavy atom. The van der Waals surface area contributed by atoms with Gasteiger partial charge >= 0.3 is 0 Å². The van der Waals surface area contributed by atoms with Crippen LogP contribution >= 0.6 is 11.6 Å². The van der Waals surface area contributed by atoms with E-state index in [0.29, 0.717) is 28.7 Å². The zero-order chi connectivity index (χ0) is 20.1. The number of sulfonamides is 1. The van der Waals surface area contributed by atoms with E-state index in [0.717, 1.165) is 5.56 Å². The summed E-state index contributed by atoms with van der Waals surface area (Å²) in [7, 11) is -3.54. The molecule has 8 heteroatoms. The summed E-state index contributed by atoms with van der Waals surface area (Å²) >= 11 is 5.88. The van der Waals surface area contributed by atoms with Crippen LogP contribution in [0.25, 0.3) is 11.3 Å². The molecule has 2 N–H and O–H groups in total. The Hall–Kier alpha value is -2.61. The number of nitrogens with one attached hydrogen (secondary N) is 2. The molecule has 0 spiro atoms. The maximum Gasteiger partial charge on any atom is 0.251 e. The second-order valence-electron chi connectivity index (χ2n) is 5.98. The summed E-state index contributed by atoms with van der Waals surface area (Å²) in [6, 6.07) is 16.6. The van der Waals surface area contributed by atoms with Gasteiger partial charge in [-0.1, -0.05) is 18.5 Å². The summed E-state index contributed by atoms with van der Waals surface area (Å²) in [4.78, 5) is 12.4. The van der Waals surface area contributed by atoms with Crippen LogP contribution in [0.4, 0.5) is 0 Å². The van der Waals surface area contributed by atoms with E-state index in [1.54, 1.807) is 25.1 Å². The molecule has 0 saturated carbocycles. The van der Waals surface area contributed by atoms with Crippen LogP contribution in [-0.4, -0.2) is 20.9 Å². The van der Waals surface area contributed by atoms with Crippen LogP contribution in [0, 0.1) is 0 Å². The van der Waals surface area contributed by atoms with Crippen LogP contribution in [0.1, 0.15) is 23.0 Å². The fraction of sp³-hybridized carbons (Fsp3) is 0.150. The topological polar surface area (TPSA) is 88.4 Å². The lowest BCUT2D eigenvalue weighted by atomic mass is 10.2. The molecule has 0 aliphatic rings. The van der Waals surface area contributed by atoms with Gasteiger partial charge in [0.1, 0.15) is 11.5 Å². The SMILES string of the molecule is CCNS(=O)(=O)c1ccc(C(=O)NCc2ccc(-c3ccc(Cl)cc3)o2)cc1. The third kappa shape index (κ3) is 4.81. The second kappa shape index (κ2) is 8.60. The molecule has 1 aromatic heterocycles. The van der Waals surface area contributed by atoms with E-state index < -0.39 is 10.0 Å².